The summed E-state index contributed by atoms with van der Waals surface area (Å²) in [5.74, 6) is 0. The monoisotopic (exact) mass is 1540 g/mol. The summed E-state index contributed by atoms with van der Waals surface area (Å²) in [7, 11) is 0. The number of carbonyl (C=O) groups is 8. The molecule has 0 radical (unpaired) electrons. The predicted molar refractivity (Wildman–Crippen MR) is 434 cm³/mol. The molecule has 0 N–H and O–H groups in total. The van der Waals surface area contributed by atoms with E-state index in [2.05, 4.69) is 76.9 Å². The Kier molecular flexibility index (Phi) is 36.3. The molecule has 8 nitrogen and oxygen atoms in total. The van der Waals surface area contributed by atoms with E-state index in [1.807, 2.05) is 173 Å². The molecule has 8 aromatic rings. The molecule has 0 bridgehead atoms. The quantitative estimate of drug-likeness (QED) is 0.0419. The summed E-state index contributed by atoms with van der Waals surface area (Å²) in [5.41, 5.74) is 6.45. The molecule has 0 aliphatic heterocycles. The molecule has 0 amide bonds. The van der Waals surface area contributed by atoms with E-state index >= 15 is 0 Å². The number of thioether (sulfide) groups is 8. The third-order valence-electron chi connectivity index (χ3n) is 12.6. The Hall–Kier alpha value is -6.76. The van der Waals surface area contributed by atoms with Crippen LogP contribution in [0, 0.1) is 27.7 Å². The summed E-state index contributed by atoms with van der Waals surface area (Å²) >= 11 is 16.1. The molecule has 0 unspecified atom stereocenters. The standard InChI is InChI=1S/C22H22O2S3.2C20H18O2S3.C18H14O2S3/c1-13(2)21(23)26-19-9-7-17(11-15(19)5)25-18-8-10-20(16(6)12-18)27-22(24)14(3)4;1-13(2)19(21)24-17-9-5-15(6-10-17)23-16-7-11-18(12-8-16)25-20(22)14(3)4;1-5-19(21)24-17-9-7-15(11-13(17)3)23-16-8-10-18(14(4)12-16)25-20(22)6-2;1-3-17(19)22-15-9-5-13(6-10-15)21-14-7-11-16(12-8-14)23-18(20)4-2/h7-12H,1,3H2,2,4-6H3;5-12H,1,3H2,2,4H3;5-12H,1-2H2,3-4H3;3-12H,1-2H2. The van der Waals surface area contributed by atoms with Crippen LogP contribution in [0.5, 0.6) is 0 Å². The van der Waals surface area contributed by atoms with Crippen molar-refractivity contribution in [3.63, 3.8) is 0 Å². The van der Waals surface area contributed by atoms with Crippen molar-refractivity contribution in [3.8, 4) is 0 Å². The van der Waals surface area contributed by atoms with E-state index in [4.69, 9.17) is 0 Å². The molecule has 0 aliphatic carbocycles. The molecule has 0 fully saturated rings. The normalized spacial score (nSPS) is 10.3. The van der Waals surface area contributed by atoms with E-state index in [1.54, 1.807) is 74.7 Å². The highest BCUT2D eigenvalue weighted by Crippen LogP contribution is 2.39. The molecule has 0 atom stereocenters. The lowest BCUT2D eigenvalue weighted by Crippen LogP contribution is -1.93. The third kappa shape index (κ3) is 30.1. The van der Waals surface area contributed by atoms with Crippen molar-refractivity contribution in [1.29, 1.82) is 0 Å². The van der Waals surface area contributed by atoms with Gasteiger partial charge in [0.25, 0.3) is 0 Å². The minimum atomic E-state index is -0.0624. The highest BCUT2D eigenvalue weighted by molar-refractivity contribution is 8.16. The molecule has 8 rings (SSSR count). The van der Waals surface area contributed by atoms with Gasteiger partial charge in [-0.3, -0.25) is 38.4 Å². The number of aryl methyl sites for hydroxylation is 4. The SMILES string of the molecule is C=C(C)C(=O)Sc1ccc(Sc2ccc(SC(=O)C(=C)C)c(C)c2)cc1C.C=C(C)C(=O)Sc1ccc(Sc2ccc(SC(=O)C(=C)C)cc2)cc1.C=CC(=O)Sc1ccc(Sc2ccc(SC(=O)C=C)c(C)c2)cc1C.C=CC(=O)Sc1ccc(Sc2ccc(SC(=O)C=C)cc2)cc1. The van der Waals surface area contributed by atoms with E-state index in [0.717, 1.165) is 124 Å². The lowest BCUT2D eigenvalue weighted by molar-refractivity contribution is -0.108. The second-order valence-electron chi connectivity index (χ2n) is 21.2. The molecule has 100 heavy (non-hydrogen) atoms. The van der Waals surface area contributed by atoms with Crippen LogP contribution in [0.3, 0.4) is 0 Å². The van der Waals surface area contributed by atoms with Crippen LogP contribution < -0.4 is 0 Å². The maximum absolute atomic E-state index is 11.9. The van der Waals surface area contributed by atoms with Crippen LogP contribution in [-0.4, -0.2) is 40.9 Å². The van der Waals surface area contributed by atoms with Crippen molar-refractivity contribution in [2.75, 3.05) is 0 Å². The van der Waals surface area contributed by atoms with Crippen molar-refractivity contribution in [2.24, 2.45) is 0 Å². The van der Waals surface area contributed by atoms with Crippen molar-refractivity contribution in [1.82, 2.24) is 0 Å². The lowest BCUT2D eigenvalue weighted by atomic mass is 10.2. The molecule has 8 aromatic carbocycles. The Balaban J connectivity index is 0.000000241. The summed E-state index contributed by atoms with van der Waals surface area (Å²) in [6.45, 7) is 43.5. The first kappa shape index (κ1) is 83.9. The van der Waals surface area contributed by atoms with Gasteiger partial charge in [-0.05, 0) is 388 Å². The van der Waals surface area contributed by atoms with Gasteiger partial charge in [0, 0.05) is 78.3 Å². The van der Waals surface area contributed by atoms with Gasteiger partial charge in [0.1, 0.15) is 0 Å². The maximum Gasteiger partial charge on any atom is 0.219 e. The zero-order valence-corrected chi connectivity index (χ0v) is 66.1. The van der Waals surface area contributed by atoms with Crippen LogP contribution in [-0.2, 0) is 38.4 Å². The molecule has 0 aliphatic rings. The molecule has 0 saturated carbocycles. The van der Waals surface area contributed by atoms with Crippen LogP contribution >= 0.6 is 141 Å². The molecule has 0 saturated heterocycles. The summed E-state index contributed by atoms with van der Waals surface area (Å²) < 4.78 is 0. The summed E-state index contributed by atoms with van der Waals surface area (Å²) in [5, 5.41) is -0.281. The minimum Gasteiger partial charge on any atom is -0.282 e. The van der Waals surface area contributed by atoms with Gasteiger partial charge in [-0.15, -0.1) is 0 Å². The van der Waals surface area contributed by atoms with Crippen molar-refractivity contribution < 1.29 is 38.4 Å². The molecule has 512 valence electrons. The highest BCUT2D eigenvalue weighted by atomic mass is 32.2. The number of carbonyl (C=O) groups excluding carboxylic acids is 8. The molecule has 0 spiro atoms. The summed E-state index contributed by atoms with van der Waals surface area (Å²) in [6, 6.07) is 55.6. The molecular weight excluding hydrogens is 1470 g/mol. The third-order valence-corrected chi connectivity index (χ3v) is 24.9. The second-order valence-corrected chi connectivity index (χ2v) is 34.1. The van der Waals surface area contributed by atoms with E-state index in [9.17, 15) is 38.4 Å². The van der Waals surface area contributed by atoms with Gasteiger partial charge in [0.2, 0.25) is 40.9 Å². The van der Waals surface area contributed by atoms with Crippen LogP contribution in [0.2, 0.25) is 0 Å². The first-order chi connectivity index (χ1) is 47.5. The summed E-state index contributed by atoms with van der Waals surface area (Å²) in [4.78, 5) is 109. The number of benzene rings is 8. The fourth-order valence-electron chi connectivity index (χ4n) is 7.42. The second kappa shape index (κ2) is 43.3. The smallest absolute Gasteiger partial charge is 0.219 e. The fraction of sp³-hybridized carbons (Fsp3) is 0.100. The van der Waals surface area contributed by atoms with Gasteiger partial charge in [-0.2, -0.15) is 0 Å². The lowest BCUT2D eigenvalue weighted by Gasteiger charge is -2.10. The van der Waals surface area contributed by atoms with Gasteiger partial charge < -0.3 is 0 Å². The van der Waals surface area contributed by atoms with Crippen LogP contribution in [0.1, 0.15) is 49.9 Å². The zero-order chi connectivity index (χ0) is 73.6. The van der Waals surface area contributed by atoms with Crippen LogP contribution in [0.4, 0.5) is 0 Å². The topological polar surface area (TPSA) is 137 Å². The van der Waals surface area contributed by atoms with E-state index in [0.29, 0.717) is 22.3 Å². The average molecular weight is 1550 g/mol. The Morgan fingerprint density at radius 1 is 0.240 bits per heavy atom. The van der Waals surface area contributed by atoms with Gasteiger partial charge in [0.15, 0.2) is 0 Å². The highest BCUT2D eigenvalue weighted by Gasteiger charge is 2.15. The van der Waals surface area contributed by atoms with Crippen LogP contribution in [0.15, 0.2) is 347 Å². The molecule has 0 aromatic heterocycles. The van der Waals surface area contributed by atoms with Crippen LogP contribution in [0.25, 0.3) is 0 Å². The Morgan fingerprint density at radius 2 is 0.410 bits per heavy atom. The maximum atomic E-state index is 11.9. The Morgan fingerprint density at radius 3 is 0.620 bits per heavy atom. The van der Waals surface area contributed by atoms with E-state index in [-0.39, 0.29) is 40.9 Å². The minimum absolute atomic E-state index is 0.00785. The number of hydrogen-bond donors (Lipinski definition) is 0. The Bertz CT molecular complexity index is 4140. The molecule has 0 heterocycles. The number of hydrogen-bond acceptors (Lipinski definition) is 20. The first-order valence-corrected chi connectivity index (χ1v) is 39.8. The van der Waals surface area contributed by atoms with E-state index < -0.39 is 0 Å². The zero-order valence-electron chi connectivity index (χ0n) is 56.3. The fourth-order valence-corrected chi connectivity index (χ4v) is 16.4. The van der Waals surface area contributed by atoms with E-state index in [1.165, 1.54) is 94.9 Å². The predicted octanol–water partition coefficient (Wildman–Crippen LogP) is 24.6. The van der Waals surface area contributed by atoms with Crippen molar-refractivity contribution in [2.45, 2.75) is 134 Å². The number of rotatable bonds is 24. The van der Waals surface area contributed by atoms with Crippen molar-refractivity contribution >= 4 is 182 Å². The molecular formula is C80H72O8S12. The van der Waals surface area contributed by atoms with Gasteiger partial charge in [0.05, 0.1) is 0 Å². The largest absolute Gasteiger partial charge is 0.282 e. The van der Waals surface area contributed by atoms with Crippen molar-refractivity contribution in [3.05, 3.63) is 291 Å². The Labute approximate surface area is 639 Å². The first-order valence-electron chi connectivity index (χ1n) is 30.0. The average Bonchev–Trinajstić information content (AvgIpc) is 0.857. The summed E-state index contributed by atoms with van der Waals surface area (Å²) in [6.07, 6.45) is 5.27. The van der Waals surface area contributed by atoms with Gasteiger partial charge >= 0.3 is 0 Å². The van der Waals surface area contributed by atoms with Gasteiger partial charge in [-0.1, -0.05) is 99.7 Å². The van der Waals surface area contributed by atoms with Gasteiger partial charge in [-0.25, -0.2) is 0 Å². The molecule has 20 heteroatoms.